The quantitative estimate of drug-likeness (QED) is 0.422. The molecule has 5 heteroatoms. The highest BCUT2D eigenvalue weighted by Gasteiger charge is 2.14. The lowest BCUT2D eigenvalue weighted by atomic mass is 9.91. The van der Waals surface area contributed by atoms with Gasteiger partial charge in [-0.1, -0.05) is 72.8 Å². The van der Waals surface area contributed by atoms with E-state index in [1.807, 2.05) is 36.4 Å². The molecule has 0 bridgehead atoms. The van der Waals surface area contributed by atoms with Gasteiger partial charge in [0.2, 0.25) is 0 Å². The van der Waals surface area contributed by atoms with E-state index in [1.54, 1.807) is 26.0 Å². The number of nitrogens with zero attached hydrogens (tertiary/aromatic N) is 2. The predicted octanol–water partition coefficient (Wildman–Crippen LogP) is 3.93. The molecule has 0 saturated carbocycles. The molecule has 3 aromatic carbocycles. The predicted molar refractivity (Wildman–Crippen MR) is 132 cm³/mol. The van der Waals surface area contributed by atoms with Crippen molar-refractivity contribution in [2.45, 2.75) is 12.3 Å². The van der Waals surface area contributed by atoms with E-state index < -0.39 is 0 Å². The van der Waals surface area contributed by atoms with Gasteiger partial charge in [0.15, 0.2) is 5.96 Å². The van der Waals surface area contributed by atoms with Gasteiger partial charge in [-0.15, -0.1) is 0 Å². The smallest absolute Gasteiger partial charge is 0.253 e. The van der Waals surface area contributed by atoms with Crippen LogP contribution in [0.4, 0.5) is 0 Å². The highest BCUT2D eigenvalue weighted by Crippen LogP contribution is 2.23. The molecule has 0 radical (unpaired) electrons. The van der Waals surface area contributed by atoms with Crippen LogP contribution in [0.2, 0.25) is 0 Å². The van der Waals surface area contributed by atoms with Crippen molar-refractivity contribution in [1.82, 2.24) is 15.5 Å². The summed E-state index contributed by atoms with van der Waals surface area (Å²) in [6.45, 7) is 1.46. The van der Waals surface area contributed by atoms with E-state index in [9.17, 15) is 4.79 Å². The normalized spacial score (nSPS) is 11.3. The number of carbonyl (C=O) groups is 1. The molecule has 2 N–H and O–H groups in total. The van der Waals surface area contributed by atoms with Gasteiger partial charge in [0.05, 0.1) is 0 Å². The maximum absolute atomic E-state index is 12.2. The van der Waals surface area contributed by atoms with Crippen molar-refractivity contribution in [3.8, 4) is 0 Å². The van der Waals surface area contributed by atoms with Crippen LogP contribution < -0.4 is 10.6 Å². The summed E-state index contributed by atoms with van der Waals surface area (Å²) >= 11 is 0. The Kier molecular flexibility index (Phi) is 8.44. The second kappa shape index (κ2) is 11.7. The van der Waals surface area contributed by atoms with E-state index in [1.165, 1.54) is 11.1 Å². The van der Waals surface area contributed by atoms with Crippen LogP contribution in [0.15, 0.2) is 89.9 Å². The zero-order chi connectivity index (χ0) is 22.8. The average Bonchev–Trinajstić information content (AvgIpc) is 2.84. The number of aliphatic imine (C=N–C) groups is 1. The Morgan fingerprint density at radius 2 is 1.50 bits per heavy atom. The molecule has 5 nitrogen and oxygen atoms in total. The second-order valence-electron chi connectivity index (χ2n) is 7.90. The highest BCUT2D eigenvalue weighted by molar-refractivity contribution is 5.94. The fourth-order valence-electron chi connectivity index (χ4n) is 3.66. The third kappa shape index (κ3) is 6.45. The van der Waals surface area contributed by atoms with E-state index in [2.05, 4.69) is 64.2 Å². The minimum atomic E-state index is 0.0187. The number of hydrogen-bond acceptors (Lipinski definition) is 2. The number of rotatable bonds is 8. The molecular formula is C27H32N4O. The molecule has 0 saturated heterocycles. The van der Waals surface area contributed by atoms with Crippen LogP contribution in [-0.2, 0) is 6.42 Å². The third-order valence-electron chi connectivity index (χ3n) is 5.39. The second-order valence-corrected chi connectivity index (χ2v) is 7.90. The first-order valence-corrected chi connectivity index (χ1v) is 10.9. The van der Waals surface area contributed by atoms with E-state index in [-0.39, 0.29) is 11.8 Å². The average molecular weight is 429 g/mol. The molecule has 1 amide bonds. The molecule has 0 fully saturated rings. The maximum atomic E-state index is 12.2. The van der Waals surface area contributed by atoms with Crippen molar-refractivity contribution in [3.05, 3.63) is 107 Å². The van der Waals surface area contributed by atoms with Gasteiger partial charge in [0.25, 0.3) is 5.91 Å². The molecule has 3 aromatic rings. The fraction of sp³-hybridized carbons (Fsp3) is 0.259. The van der Waals surface area contributed by atoms with Gasteiger partial charge < -0.3 is 15.5 Å². The molecule has 32 heavy (non-hydrogen) atoms. The molecule has 0 aliphatic carbocycles. The first-order valence-electron chi connectivity index (χ1n) is 10.9. The molecule has 0 atom stereocenters. The van der Waals surface area contributed by atoms with Crippen LogP contribution in [0, 0.1) is 0 Å². The van der Waals surface area contributed by atoms with Gasteiger partial charge in [-0.05, 0) is 35.2 Å². The summed E-state index contributed by atoms with van der Waals surface area (Å²) in [4.78, 5) is 18.2. The zero-order valence-corrected chi connectivity index (χ0v) is 19.1. The SMILES string of the molecule is CN=C(NCCc1cccc(C(=O)N(C)C)c1)NCC(c1ccccc1)c1ccccc1. The van der Waals surface area contributed by atoms with E-state index in [0.717, 1.165) is 31.0 Å². The fourth-order valence-corrected chi connectivity index (χ4v) is 3.66. The van der Waals surface area contributed by atoms with Gasteiger partial charge in [-0.3, -0.25) is 9.79 Å². The summed E-state index contributed by atoms with van der Waals surface area (Å²) in [7, 11) is 5.32. The lowest BCUT2D eigenvalue weighted by Crippen LogP contribution is -2.40. The number of guanidine groups is 1. The van der Waals surface area contributed by atoms with Crippen molar-refractivity contribution < 1.29 is 4.79 Å². The Morgan fingerprint density at radius 1 is 0.875 bits per heavy atom. The van der Waals surface area contributed by atoms with Crippen LogP contribution in [0.5, 0.6) is 0 Å². The van der Waals surface area contributed by atoms with E-state index in [4.69, 9.17) is 0 Å². The summed E-state index contributed by atoms with van der Waals surface area (Å²) < 4.78 is 0. The molecule has 3 rings (SSSR count). The molecule has 0 spiro atoms. The van der Waals surface area contributed by atoms with Crippen LogP contribution in [-0.4, -0.2) is 51.0 Å². The number of hydrogen-bond donors (Lipinski definition) is 2. The Labute approximate surface area is 191 Å². The lowest BCUT2D eigenvalue weighted by molar-refractivity contribution is 0.0827. The van der Waals surface area contributed by atoms with E-state index in [0.29, 0.717) is 5.56 Å². The Hall–Kier alpha value is -3.60. The molecular weight excluding hydrogens is 396 g/mol. The van der Waals surface area contributed by atoms with Crippen LogP contribution in [0.1, 0.15) is 33.0 Å². The van der Waals surface area contributed by atoms with Crippen molar-refractivity contribution in [2.75, 3.05) is 34.2 Å². The van der Waals surface area contributed by atoms with Gasteiger partial charge in [0.1, 0.15) is 0 Å². The lowest BCUT2D eigenvalue weighted by Gasteiger charge is -2.20. The standard InChI is InChI=1S/C27H32N4O/c1-28-27(29-18-17-21-11-10-16-24(19-21)26(32)31(2)3)30-20-25(22-12-6-4-7-13-22)23-14-8-5-9-15-23/h4-16,19,25H,17-18,20H2,1-3H3,(H2,28,29,30). The largest absolute Gasteiger partial charge is 0.356 e. The van der Waals surface area contributed by atoms with Gasteiger partial charge in [-0.2, -0.15) is 0 Å². The summed E-state index contributed by atoms with van der Waals surface area (Å²) in [5.74, 6) is 1.01. The van der Waals surface area contributed by atoms with Crippen molar-refractivity contribution >= 4 is 11.9 Å². The van der Waals surface area contributed by atoms with Crippen LogP contribution in [0.3, 0.4) is 0 Å². The van der Waals surface area contributed by atoms with Gasteiger partial charge in [0, 0.05) is 45.7 Å². The zero-order valence-electron chi connectivity index (χ0n) is 19.1. The topological polar surface area (TPSA) is 56.7 Å². The van der Waals surface area contributed by atoms with Crippen molar-refractivity contribution in [2.24, 2.45) is 4.99 Å². The van der Waals surface area contributed by atoms with Gasteiger partial charge in [-0.25, -0.2) is 0 Å². The molecule has 0 heterocycles. The minimum Gasteiger partial charge on any atom is -0.356 e. The first kappa shape index (κ1) is 23.1. The monoisotopic (exact) mass is 428 g/mol. The van der Waals surface area contributed by atoms with Gasteiger partial charge >= 0.3 is 0 Å². The molecule has 166 valence electrons. The molecule has 0 unspecified atom stereocenters. The summed E-state index contributed by atoms with van der Waals surface area (Å²) in [5.41, 5.74) is 4.36. The van der Waals surface area contributed by atoms with Crippen LogP contribution in [0.25, 0.3) is 0 Å². The number of amides is 1. The summed E-state index contributed by atoms with van der Waals surface area (Å²) in [6.07, 6.45) is 0.802. The highest BCUT2D eigenvalue weighted by atomic mass is 16.2. The Balaban J connectivity index is 1.58. The van der Waals surface area contributed by atoms with Crippen LogP contribution >= 0.6 is 0 Å². The minimum absolute atomic E-state index is 0.0187. The molecule has 0 aliphatic heterocycles. The Bertz CT molecular complexity index is 977. The first-order chi connectivity index (χ1) is 15.6. The summed E-state index contributed by atoms with van der Waals surface area (Å²) in [5, 5.41) is 6.87. The third-order valence-corrected chi connectivity index (χ3v) is 5.39. The molecule has 0 aromatic heterocycles. The number of carbonyl (C=O) groups excluding carboxylic acids is 1. The maximum Gasteiger partial charge on any atom is 0.253 e. The number of benzene rings is 3. The number of nitrogens with one attached hydrogen (secondary N) is 2. The molecule has 0 aliphatic rings. The Morgan fingerprint density at radius 3 is 2.06 bits per heavy atom. The summed E-state index contributed by atoms with van der Waals surface area (Å²) in [6, 6.07) is 28.8. The van der Waals surface area contributed by atoms with E-state index >= 15 is 0 Å². The van der Waals surface area contributed by atoms with Crippen molar-refractivity contribution in [1.29, 1.82) is 0 Å². The van der Waals surface area contributed by atoms with Crippen molar-refractivity contribution in [3.63, 3.8) is 0 Å².